The fourth-order valence-corrected chi connectivity index (χ4v) is 2.38. The average molecular weight is 314 g/mol. The van der Waals surface area contributed by atoms with Crippen molar-refractivity contribution in [1.29, 1.82) is 0 Å². The van der Waals surface area contributed by atoms with Gasteiger partial charge in [0, 0.05) is 21.7 Å². The number of anilines is 3. The third-order valence-corrected chi connectivity index (χ3v) is 3.42. The lowest BCUT2D eigenvalue weighted by molar-refractivity contribution is 1.41. The molecule has 0 atom stereocenters. The van der Waals surface area contributed by atoms with Crippen molar-refractivity contribution in [2.45, 2.75) is 0 Å². The van der Waals surface area contributed by atoms with Crippen LogP contribution in [-0.4, -0.2) is 4.98 Å². The second-order valence-electron chi connectivity index (χ2n) is 4.23. The summed E-state index contributed by atoms with van der Waals surface area (Å²) in [5, 5.41) is 4.43. The van der Waals surface area contributed by atoms with Crippen LogP contribution in [0.5, 0.6) is 0 Å². The van der Waals surface area contributed by atoms with Gasteiger partial charge in [0.25, 0.3) is 0 Å². The number of rotatable bonds is 2. The van der Waals surface area contributed by atoms with Crippen LogP contribution < -0.4 is 11.1 Å². The van der Waals surface area contributed by atoms with Crippen molar-refractivity contribution in [2.24, 2.45) is 0 Å². The number of nitrogens with two attached hydrogens (primary N) is 1. The number of pyridine rings is 1. The van der Waals surface area contributed by atoms with Crippen molar-refractivity contribution in [3.63, 3.8) is 0 Å². The summed E-state index contributed by atoms with van der Waals surface area (Å²) in [6.45, 7) is 0. The number of nitrogen functional groups attached to an aromatic ring is 1. The molecule has 1 aromatic heterocycles. The predicted octanol–water partition coefficient (Wildman–Crippen LogP) is 4.32. The summed E-state index contributed by atoms with van der Waals surface area (Å²) in [4.78, 5) is 4.34. The molecule has 0 spiro atoms. The average Bonchev–Trinajstić information content (AvgIpc) is 2.42. The van der Waals surface area contributed by atoms with Crippen LogP contribution in [0.2, 0.25) is 0 Å². The Hall–Kier alpha value is -2.07. The fourth-order valence-electron chi connectivity index (χ4n) is 2.00. The van der Waals surface area contributed by atoms with Gasteiger partial charge in [-0.3, -0.25) is 4.98 Å². The molecule has 4 heteroatoms. The van der Waals surface area contributed by atoms with E-state index in [9.17, 15) is 0 Å². The van der Waals surface area contributed by atoms with Gasteiger partial charge in [-0.2, -0.15) is 0 Å². The molecule has 3 N–H and O–H groups in total. The molecule has 0 radical (unpaired) electrons. The lowest BCUT2D eigenvalue weighted by Gasteiger charge is -2.11. The number of hydrogen-bond acceptors (Lipinski definition) is 3. The molecule has 0 aliphatic carbocycles. The van der Waals surface area contributed by atoms with Crippen LogP contribution in [0.15, 0.2) is 59.2 Å². The number of fused-ring (bicyclic) bond motifs is 1. The number of aromatic nitrogens is 1. The molecule has 0 saturated heterocycles. The van der Waals surface area contributed by atoms with Crippen molar-refractivity contribution < 1.29 is 0 Å². The Balaban J connectivity index is 2.06. The minimum absolute atomic E-state index is 0.704. The summed E-state index contributed by atoms with van der Waals surface area (Å²) in [5.41, 5.74) is 9.56. The number of hydrogen-bond donors (Lipinski definition) is 2. The van der Waals surface area contributed by atoms with Crippen LogP contribution in [0, 0.1) is 0 Å². The highest BCUT2D eigenvalue weighted by Gasteiger charge is 2.04. The molecule has 0 bridgehead atoms. The third kappa shape index (κ3) is 2.39. The van der Waals surface area contributed by atoms with Gasteiger partial charge >= 0.3 is 0 Å². The highest BCUT2D eigenvalue weighted by atomic mass is 79.9. The van der Waals surface area contributed by atoms with E-state index >= 15 is 0 Å². The van der Waals surface area contributed by atoms with E-state index in [1.807, 2.05) is 48.5 Å². The zero-order valence-corrected chi connectivity index (χ0v) is 11.7. The zero-order valence-electron chi connectivity index (χ0n) is 10.1. The number of nitrogens with zero attached hydrogens (tertiary/aromatic N) is 1. The van der Waals surface area contributed by atoms with Gasteiger partial charge in [0.05, 0.1) is 16.9 Å². The zero-order chi connectivity index (χ0) is 13.2. The number of benzene rings is 2. The third-order valence-electron chi connectivity index (χ3n) is 2.93. The molecule has 0 aliphatic heterocycles. The molecule has 0 fully saturated rings. The van der Waals surface area contributed by atoms with Gasteiger partial charge in [0.15, 0.2) is 0 Å². The van der Waals surface area contributed by atoms with Gasteiger partial charge in [0.1, 0.15) is 0 Å². The van der Waals surface area contributed by atoms with Gasteiger partial charge < -0.3 is 11.1 Å². The molecule has 0 saturated carbocycles. The van der Waals surface area contributed by atoms with E-state index in [4.69, 9.17) is 5.73 Å². The summed E-state index contributed by atoms with van der Waals surface area (Å²) in [6.07, 6.45) is 1.79. The molecule has 2 aromatic carbocycles. The van der Waals surface area contributed by atoms with E-state index in [1.54, 1.807) is 6.20 Å². The lowest BCUT2D eigenvalue weighted by Crippen LogP contribution is -1.97. The van der Waals surface area contributed by atoms with E-state index in [2.05, 4.69) is 26.2 Å². The van der Waals surface area contributed by atoms with Crippen LogP contribution in [0.1, 0.15) is 0 Å². The summed E-state index contributed by atoms with van der Waals surface area (Å²) >= 11 is 3.40. The highest BCUT2D eigenvalue weighted by Crippen LogP contribution is 2.29. The van der Waals surface area contributed by atoms with E-state index in [1.165, 1.54) is 0 Å². The van der Waals surface area contributed by atoms with Gasteiger partial charge in [-0.05, 0) is 42.5 Å². The Bertz CT molecular complexity index is 735. The topological polar surface area (TPSA) is 50.9 Å². The van der Waals surface area contributed by atoms with E-state index in [-0.39, 0.29) is 0 Å². The van der Waals surface area contributed by atoms with Crippen LogP contribution in [0.3, 0.4) is 0 Å². The van der Waals surface area contributed by atoms with E-state index in [0.29, 0.717) is 5.69 Å². The van der Waals surface area contributed by atoms with Crippen LogP contribution in [0.4, 0.5) is 17.1 Å². The van der Waals surface area contributed by atoms with E-state index in [0.717, 1.165) is 26.8 Å². The first-order valence-corrected chi connectivity index (χ1v) is 6.69. The second-order valence-corrected chi connectivity index (χ2v) is 5.15. The van der Waals surface area contributed by atoms with Crippen LogP contribution >= 0.6 is 15.9 Å². The Labute approximate surface area is 119 Å². The van der Waals surface area contributed by atoms with Crippen molar-refractivity contribution in [2.75, 3.05) is 11.1 Å². The minimum Gasteiger partial charge on any atom is -0.397 e. The molecule has 0 unspecified atom stereocenters. The molecule has 1 heterocycles. The summed E-state index contributed by atoms with van der Waals surface area (Å²) in [5.74, 6) is 0. The lowest BCUT2D eigenvalue weighted by atomic mass is 10.1. The fraction of sp³-hybridized carbons (Fsp3) is 0. The first kappa shape index (κ1) is 12.0. The number of halogens is 1. The largest absolute Gasteiger partial charge is 0.397 e. The van der Waals surface area contributed by atoms with Gasteiger partial charge in [-0.15, -0.1) is 0 Å². The Morgan fingerprint density at radius 2 is 1.89 bits per heavy atom. The number of nitrogens with one attached hydrogen (secondary N) is 1. The van der Waals surface area contributed by atoms with Crippen LogP contribution in [0.25, 0.3) is 10.9 Å². The predicted molar refractivity (Wildman–Crippen MR) is 83.6 cm³/mol. The second kappa shape index (κ2) is 4.90. The van der Waals surface area contributed by atoms with Gasteiger partial charge in [-0.1, -0.05) is 22.0 Å². The maximum Gasteiger partial charge on any atom is 0.0722 e. The Kier molecular flexibility index (Phi) is 3.09. The van der Waals surface area contributed by atoms with Gasteiger partial charge in [-0.25, -0.2) is 0 Å². The molecule has 19 heavy (non-hydrogen) atoms. The molecule has 3 rings (SSSR count). The first-order valence-electron chi connectivity index (χ1n) is 5.90. The molecule has 3 aromatic rings. The normalized spacial score (nSPS) is 10.6. The maximum absolute atomic E-state index is 6.01. The quantitative estimate of drug-likeness (QED) is 0.693. The van der Waals surface area contributed by atoms with Crippen molar-refractivity contribution in [1.82, 2.24) is 4.98 Å². The first-order chi connectivity index (χ1) is 9.24. The summed E-state index contributed by atoms with van der Waals surface area (Å²) < 4.78 is 0.968. The summed E-state index contributed by atoms with van der Waals surface area (Å²) in [6, 6.07) is 15.8. The maximum atomic E-state index is 6.01. The Morgan fingerprint density at radius 3 is 2.74 bits per heavy atom. The summed E-state index contributed by atoms with van der Waals surface area (Å²) in [7, 11) is 0. The monoisotopic (exact) mass is 313 g/mol. The van der Waals surface area contributed by atoms with Gasteiger partial charge in [0.2, 0.25) is 0 Å². The van der Waals surface area contributed by atoms with Crippen molar-refractivity contribution in [3.05, 3.63) is 59.2 Å². The molecular weight excluding hydrogens is 302 g/mol. The highest BCUT2D eigenvalue weighted by molar-refractivity contribution is 9.10. The Morgan fingerprint density at radius 1 is 1.00 bits per heavy atom. The molecule has 0 aliphatic rings. The van der Waals surface area contributed by atoms with Crippen molar-refractivity contribution >= 4 is 43.9 Å². The molecular formula is C15H12BrN3. The molecule has 0 amide bonds. The standard InChI is InChI=1S/C15H12BrN3/c16-10-6-7-15(12(17)9-10)19-14-5-1-4-13-11(14)3-2-8-18-13/h1-9,19H,17H2. The minimum atomic E-state index is 0.704. The smallest absolute Gasteiger partial charge is 0.0722 e. The van der Waals surface area contributed by atoms with E-state index < -0.39 is 0 Å². The molecule has 3 nitrogen and oxygen atoms in total. The SMILES string of the molecule is Nc1cc(Br)ccc1Nc1cccc2ncccc12. The molecule has 94 valence electrons. The van der Waals surface area contributed by atoms with Crippen molar-refractivity contribution in [3.8, 4) is 0 Å². The van der Waals surface area contributed by atoms with Crippen LogP contribution in [-0.2, 0) is 0 Å².